The van der Waals surface area contributed by atoms with Crippen LogP contribution >= 0.6 is 0 Å². The van der Waals surface area contributed by atoms with Crippen LogP contribution in [0.25, 0.3) is 0 Å². The molecule has 0 atom stereocenters. The van der Waals surface area contributed by atoms with Gasteiger partial charge in [0.2, 0.25) is 0 Å². The minimum Gasteiger partial charge on any atom is -0.396 e. The number of nitrogens with one attached hydrogen (secondary N) is 1. The van der Waals surface area contributed by atoms with E-state index in [1.165, 1.54) is 0 Å². The van der Waals surface area contributed by atoms with E-state index in [2.05, 4.69) is 12.2 Å². The van der Waals surface area contributed by atoms with Gasteiger partial charge in [0.25, 0.3) is 0 Å². The summed E-state index contributed by atoms with van der Waals surface area (Å²) < 4.78 is 5.42. The maximum Gasteiger partial charge on any atom is 0.317 e. The van der Waals surface area contributed by atoms with Gasteiger partial charge in [-0.3, -0.25) is 0 Å². The van der Waals surface area contributed by atoms with Crippen LogP contribution in [-0.4, -0.2) is 55.0 Å². The van der Waals surface area contributed by atoms with Gasteiger partial charge >= 0.3 is 6.03 Å². The van der Waals surface area contributed by atoms with Gasteiger partial charge in [-0.1, -0.05) is 6.92 Å². The maximum absolute atomic E-state index is 11.9. The highest BCUT2D eigenvalue weighted by molar-refractivity contribution is 5.74. The molecule has 1 heterocycles. The van der Waals surface area contributed by atoms with Crippen molar-refractivity contribution in [3.63, 3.8) is 0 Å². The number of carbonyl (C=O) groups is 1. The molecular formula is C14H28N2O3. The molecule has 0 unspecified atom stereocenters. The molecule has 1 rings (SSSR count). The summed E-state index contributed by atoms with van der Waals surface area (Å²) in [7, 11) is 0. The lowest BCUT2D eigenvalue weighted by atomic mass is 9.81. The van der Waals surface area contributed by atoms with Crippen molar-refractivity contribution in [3.8, 4) is 0 Å². The van der Waals surface area contributed by atoms with Crippen LogP contribution in [0.5, 0.6) is 0 Å². The third-order valence-electron chi connectivity index (χ3n) is 3.69. The minimum atomic E-state index is -0.0120. The van der Waals surface area contributed by atoms with E-state index in [1.807, 2.05) is 18.7 Å². The van der Waals surface area contributed by atoms with Crippen molar-refractivity contribution in [1.29, 1.82) is 0 Å². The van der Waals surface area contributed by atoms with Crippen molar-refractivity contribution in [2.24, 2.45) is 5.41 Å². The number of urea groups is 1. The third-order valence-corrected chi connectivity index (χ3v) is 3.69. The molecule has 19 heavy (non-hydrogen) atoms. The lowest BCUT2D eigenvalue weighted by Crippen LogP contribution is -2.47. The fourth-order valence-corrected chi connectivity index (χ4v) is 2.11. The molecule has 1 aliphatic heterocycles. The SMILES string of the molecule is CC(C)OCCCNC(=O)N1CCC(C)(CO)CC1. The number of nitrogens with zero attached hydrogens (tertiary/aromatic N) is 1. The molecule has 2 N–H and O–H groups in total. The Morgan fingerprint density at radius 1 is 1.42 bits per heavy atom. The molecule has 0 saturated carbocycles. The molecule has 0 aliphatic carbocycles. The fourth-order valence-electron chi connectivity index (χ4n) is 2.11. The zero-order chi connectivity index (χ0) is 14.3. The summed E-state index contributed by atoms with van der Waals surface area (Å²) in [6, 6.07) is 0.00420. The van der Waals surface area contributed by atoms with E-state index in [4.69, 9.17) is 4.74 Å². The van der Waals surface area contributed by atoms with Crippen LogP contribution in [0.15, 0.2) is 0 Å². The van der Waals surface area contributed by atoms with Crippen LogP contribution in [0.3, 0.4) is 0 Å². The summed E-state index contributed by atoms with van der Waals surface area (Å²) in [5, 5.41) is 12.2. The second-order valence-corrected chi connectivity index (χ2v) is 5.96. The van der Waals surface area contributed by atoms with Gasteiger partial charge in [-0.05, 0) is 38.5 Å². The molecule has 5 heteroatoms. The number of aliphatic hydroxyl groups excluding tert-OH is 1. The average molecular weight is 272 g/mol. The van der Waals surface area contributed by atoms with E-state index in [1.54, 1.807) is 0 Å². The molecule has 0 aromatic heterocycles. The summed E-state index contributed by atoms with van der Waals surface area (Å²) in [6.07, 6.45) is 2.82. The zero-order valence-electron chi connectivity index (χ0n) is 12.4. The Morgan fingerprint density at radius 3 is 2.58 bits per heavy atom. The molecule has 0 radical (unpaired) electrons. The zero-order valence-corrected chi connectivity index (χ0v) is 12.4. The summed E-state index contributed by atoms with van der Waals surface area (Å²) >= 11 is 0. The first-order valence-corrected chi connectivity index (χ1v) is 7.22. The van der Waals surface area contributed by atoms with Crippen LogP contribution in [0, 0.1) is 5.41 Å². The Balaban J connectivity index is 2.14. The highest BCUT2D eigenvalue weighted by atomic mass is 16.5. The molecule has 0 aromatic carbocycles. The summed E-state index contributed by atoms with van der Waals surface area (Å²) in [5.74, 6) is 0. The first kappa shape index (κ1) is 16.2. The van der Waals surface area contributed by atoms with Crippen molar-refractivity contribution in [3.05, 3.63) is 0 Å². The van der Waals surface area contributed by atoms with Gasteiger partial charge in [0.1, 0.15) is 0 Å². The maximum atomic E-state index is 11.9. The number of aliphatic hydroxyl groups is 1. The largest absolute Gasteiger partial charge is 0.396 e. The normalized spacial score (nSPS) is 18.7. The summed E-state index contributed by atoms with van der Waals surface area (Å²) in [5.41, 5.74) is -0.0120. The molecule has 5 nitrogen and oxygen atoms in total. The Kier molecular flexibility index (Phi) is 6.58. The first-order chi connectivity index (χ1) is 8.97. The summed E-state index contributed by atoms with van der Waals surface area (Å²) in [4.78, 5) is 13.7. The van der Waals surface area contributed by atoms with Crippen LogP contribution in [0.1, 0.15) is 40.0 Å². The van der Waals surface area contributed by atoms with Crippen molar-refractivity contribution < 1.29 is 14.6 Å². The first-order valence-electron chi connectivity index (χ1n) is 7.22. The number of likely N-dealkylation sites (tertiary alicyclic amines) is 1. The van der Waals surface area contributed by atoms with E-state index in [0.717, 1.165) is 32.4 Å². The van der Waals surface area contributed by atoms with Gasteiger partial charge in [0.05, 0.1) is 6.10 Å². The van der Waals surface area contributed by atoms with Gasteiger partial charge in [-0.2, -0.15) is 0 Å². The van der Waals surface area contributed by atoms with Crippen LogP contribution in [0.4, 0.5) is 4.79 Å². The smallest absolute Gasteiger partial charge is 0.317 e. The van der Waals surface area contributed by atoms with Crippen LogP contribution < -0.4 is 5.32 Å². The van der Waals surface area contributed by atoms with E-state index in [9.17, 15) is 9.90 Å². The number of piperidine rings is 1. The lowest BCUT2D eigenvalue weighted by molar-refractivity contribution is 0.0682. The standard InChI is InChI=1S/C14H28N2O3/c1-12(2)19-10-4-7-15-13(18)16-8-5-14(3,11-17)6-9-16/h12,17H,4-11H2,1-3H3,(H,15,18). The van der Waals surface area contributed by atoms with E-state index < -0.39 is 0 Å². The number of rotatable bonds is 6. The molecular weight excluding hydrogens is 244 g/mol. The van der Waals surface area contributed by atoms with Crippen molar-refractivity contribution in [2.45, 2.75) is 46.1 Å². The van der Waals surface area contributed by atoms with Crippen molar-refractivity contribution in [1.82, 2.24) is 10.2 Å². The predicted octanol–water partition coefficient (Wildman–Crippen LogP) is 1.61. The van der Waals surface area contributed by atoms with Gasteiger partial charge in [-0.25, -0.2) is 4.79 Å². The summed E-state index contributed by atoms with van der Waals surface area (Å²) in [6.45, 7) is 9.08. The average Bonchev–Trinajstić information content (AvgIpc) is 2.38. The Labute approximate surface area is 116 Å². The van der Waals surface area contributed by atoms with Gasteiger partial charge in [0, 0.05) is 32.8 Å². The monoisotopic (exact) mass is 272 g/mol. The molecule has 1 fully saturated rings. The van der Waals surface area contributed by atoms with E-state index >= 15 is 0 Å². The van der Waals surface area contributed by atoms with E-state index in [0.29, 0.717) is 13.2 Å². The Bertz CT molecular complexity index is 274. The fraction of sp³-hybridized carbons (Fsp3) is 0.929. The molecule has 0 spiro atoms. The second kappa shape index (κ2) is 7.70. The Hall–Kier alpha value is -0.810. The lowest BCUT2D eigenvalue weighted by Gasteiger charge is -2.38. The predicted molar refractivity (Wildman–Crippen MR) is 75.1 cm³/mol. The number of hydrogen-bond acceptors (Lipinski definition) is 3. The van der Waals surface area contributed by atoms with Crippen molar-refractivity contribution >= 4 is 6.03 Å². The van der Waals surface area contributed by atoms with Crippen LogP contribution in [0.2, 0.25) is 0 Å². The highest BCUT2D eigenvalue weighted by Gasteiger charge is 2.30. The highest BCUT2D eigenvalue weighted by Crippen LogP contribution is 2.29. The molecule has 0 bridgehead atoms. The number of ether oxygens (including phenoxy) is 1. The number of carbonyl (C=O) groups excluding carboxylic acids is 1. The molecule has 2 amide bonds. The topological polar surface area (TPSA) is 61.8 Å². The van der Waals surface area contributed by atoms with Gasteiger partial charge in [0.15, 0.2) is 0 Å². The molecule has 0 aromatic rings. The molecule has 1 saturated heterocycles. The van der Waals surface area contributed by atoms with Crippen molar-refractivity contribution in [2.75, 3.05) is 32.8 Å². The number of hydrogen-bond donors (Lipinski definition) is 2. The number of amides is 2. The quantitative estimate of drug-likeness (QED) is 0.722. The molecule has 1 aliphatic rings. The van der Waals surface area contributed by atoms with Crippen LogP contribution in [-0.2, 0) is 4.74 Å². The third kappa shape index (κ3) is 5.78. The molecule has 112 valence electrons. The van der Waals surface area contributed by atoms with Gasteiger partial charge < -0.3 is 20.1 Å². The minimum absolute atomic E-state index is 0.00420. The second-order valence-electron chi connectivity index (χ2n) is 5.96. The van der Waals surface area contributed by atoms with E-state index in [-0.39, 0.29) is 24.2 Å². The van der Waals surface area contributed by atoms with Gasteiger partial charge in [-0.15, -0.1) is 0 Å². The Morgan fingerprint density at radius 2 is 2.05 bits per heavy atom.